The Bertz CT molecular complexity index is 816. The first-order valence-electron chi connectivity index (χ1n) is 6.90. The van der Waals surface area contributed by atoms with Gasteiger partial charge in [-0.25, -0.2) is 4.98 Å². The second kappa shape index (κ2) is 5.58. The third-order valence-corrected chi connectivity index (χ3v) is 4.30. The first kappa shape index (κ1) is 13.0. The van der Waals surface area contributed by atoms with Crippen LogP contribution in [-0.4, -0.2) is 9.97 Å². The molecule has 4 aromatic heterocycles. The molecule has 0 amide bonds. The van der Waals surface area contributed by atoms with E-state index in [1.807, 2.05) is 24.3 Å². The van der Waals surface area contributed by atoms with Gasteiger partial charge in [-0.05, 0) is 53.4 Å². The van der Waals surface area contributed by atoms with Crippen molar-refractivity contribution in [2.24, 2.45) is 0 Å². The molecule has 0 saturated heterocycles. The van der Waals surface area contributed by atoms with Crippen LogP contribution in [0.15, 0.2) is 77.0 Å². The van der Waals surface area contributed by atoms with E-state index in [2.05, 4.69) is 34.6 Å². The monoisotopic (exact) mass is 304 g/mol. The van der Waals surface area contributed by atoms with Gasteiger partial charge in [-0.15, -0.1) is 11.3 Å². The number of furan rings is 1. The predicted octanol–water partition coefficient (Wildman–Crippen LogP) is 5.13. The minimum Gasteiger partial charge on any atom is -0.463 e. The number of hydrogen-bond acceptors (Lipinski definition) is 4. The number of rotatable bonds is 3. The van der Waals surface area contributed by atoms with E-state index in [-0.39, 0.29) is 0 Å². The Morgan fingerprint density at radius 3 is 2.45 bits per heavy atom. The van der Waals surface area contributed by atoms with Gasteiger partial charge in [-0.3, -0.25) is 4.98 Å². The number of thiophene rings is 1. The zero-order chi connectivity index (χ0) is 14.8. The minimum absolute atomic E-state index is 0.772. The zero-order valence-corrected chi connectivity index (χ0v) is 12.5. The summed E-state index contributed by atoms with van der Waals surface area (Å²) < 4.78 is 5.51. The van der Waals surface area contributed by atoms with Crippen molar-refractivity contribution in [1.29, 1.82) is 0 Å². The molecule has 4 rings (SSSR count). The van der Waals surface area contributed by atoms with Crippen LogP contribution in [0.25, 0.3) is 33.2 Å². The SMILES string of the molecule is c1coc(-c2cc(-c3cccs3)cc(-c3ccncc3)n2)c1. The first-order chi connectivity index (χ1) is 10.9. The summed E-state index contributed by atoms with van der Waals surface area (Å²) in [5.74, 6) is 0.772. The molecule has 4 aromatic rings. The molecular formula is C18H12N2OS. The molecule has 3 nitrogen and oxygen atoms in total. The standard InChI is InChI=1S/C18H12N2OS/c1-3-17(21-9-1)16-12-14(18-4-2-10-22-18)11-15(20-16)13-5-7-19-8-6-13/h1-12H. The molecule has 0 fully saturated rings. The molecule has 0 N–H and O–H groups in total. The second-order valence-corrected chi connectivity index (χ2v) is 5.76. The molecule has 0 unspecified atom stereocenters. The van der Waals surface area contributed by atoms with Crippen LogP contribution in [0.2, 0.25) is 0 Å². The topological polar surface area (TPSA) is 38.9 Å². The summed E-state index contributed by atoms with van der Waals surface area (Å²) in [5.41, 5.74) is 3.94. The van der Waals surface area contributed by atoms with Gasteiger partial charge in [0.15, 0.2) is 5.76 Å². The van der Waals surface area contributed by atoms with Crippen LogP contribution in [0.4, 0.5) is 0 Å². The van der Waals surface area contributed by atoms with Crippen molar-refractivity contribution < 1.29 is 4.42 Å². The molecule has 0 aliphatic heterocycles. The maximum atomic E-state index is 5.51. The fourth-order valence-electron chi connectivity index (χ4n) is 2.34. The lowest BCUT2D eigenvalue weighted by Crippen LogP contribution is -1.89. The van der Waals surface area contributed by atoms with Gasteiger partial charge in [0.1, 0.15) is 5.69 Å². The Labute approximate surface area is 131 Å². The van der Waals surface area contributed by atoms with E-state index in [9.17, 15) is 0 Å². The Kier molecular flexibility index (Phi) is 3.29. The van der Waals surface area contributed by atoms with Crippen LogP contribution < -0.4 is 0 Å². The first-order valence-corrected chi connectivity index (χ1v) is 7.78. The Morgan fingerprint density at radius 1 is 0.864 bits per heavy atom. The van der Waals surface area contributed by atoms with Crippen molar-refractivity contribution in [3.05, 3.63) is 72.6 Å². The van der Waals surface area contributed by atoms with Crippen molar-refractivity contribution in [1.82, 2.24) is 9.97 Å². The van der Waals surface area contributed by atoms with Gasteiger partial charge >= 0.3 is 0 Å². The highest BCUT2D eigenvalue weighted by Gasteiger charge is 2.10. The zero-order valence-electron chi connectivity index (χ0n) is 11.6. The summed E-state index contributed by atoms with van der Waals surface area (Å²) in [5, 5.41) is 2.08. The maximum absolute atomic E-state index is 5.51. The van der Waals surface area contributed by atoms with Gasteiger partial charge in [0.2, 0.25) is 0 Å². The van der Waals surface area contributed by atoms with Gasteiger partial charge in [-0.2, -0.15) is 0 Å². The number of pyridine rings is 2. The number of hydrogen-bond donors (Lipinski definition) is 0. The van der Waals surface area contributed by atoms with Gasteiger partial charge in [0, 0.05) is 22.8 Å². The molecule has 22 heavy (non-hydrogen) atoms. The minimum atomic E-state index is 0.772. The highest BCUT2D eigenvalue weighted by Crippen LogP contribution is 2.32. The van der Waals surface area contributed by atoms with Gasteiger partial charge in [0.05, 0.1) is 12.0 Å². The smallest absolute Gasteiger partial charge is 0.152 e. The van der Waals surface area contributed by atoms with Crippen molar-refractivity contribution in [3.63, 3.8) is 0 Å². The highest BCUT2D eigenvalue weighted by molar-refractivity contribution is 7.13. The molecule has 0 atom stereocenters. The van der Waals surface area contributed by atoms with Gasteiger partial charge < -0.3 is 4.42 Å². The fourth-order valence-corrected chi connectivity index (χ4v) is 3.05. The third-order valence-electron chi connectivity index (χ3n) is 3.38. The van der Waals surface area contributed by atoms with E-state index in [1.54, 1.807) is 30.0 Å². The van der Waals surface area contributed by atoms with Crippen molar-refractivity contribution in [2.75, 3.05) is 0 Å². The molecule has 4 heteroatoms. The van der Waals surface area contributed by atoms with E-state index >= 15 is 0 Å². The molecule has 0 aliphatic carbocycles. The largest absolute Gasteiger partial charge is 0.463 e. The van der Waals surface area contributed by atoms with E-state index in [0.29, 0.717) is 0 Å². The van der Waals surface area contributed by atoms with Crippen molar-refractivity contribution in [2.45, 2.75) is 0 Å². The molecule has 0 aromatic carbocycles. The molecule has 0 bridgehead atoms. The summed E-state index contributed by atoms with van der Waals surface area (Å²) >= 11 is 1.72. The summed E-state index contributed by atoms with van der Waals surface area (Å²) in [6.07, 6.45) is 5.23. The lowest BCUT2D eigenvalue weighted by Gasteiger charge is -2.07. The lowest BCUT2D eigenvalue weighted by atomic mass is 10.1. The molecule has 0 radical (unpaired) electrons. The van der Waals surface area contributed by atoms with E-state index in [1.165, 1.54) is 4.88 Å². The summed E-state index contributed by atoms with van der Waals surface area (Å²) in [6.45, 7) is 0. The Morgan fingerprint density at radius 2 is 1.73 bits per heavy atom. The number of nitrogens with zero attached hydrogens (tertiary/aromatic N) is 2. The van der Waals surface area contributed by atoms with E-state index < -0.39 is 0 Å². The second-order valence-electron chi connectivity index (χ2n) is 4.82. The van der Waals surface area contributed by atoms with Gasteiger partial charge in [0.25, 0.3) is 0 Å². The average molecular weight is 304 g/mol. The summed E-state index contributed by atoms with van der Waals surface area (Å²) in [7, 11) is 0. The molecule has 0 saturated carbocycles. The molecule has 106 valence electrons. The fraction of sp³-hybridized carbons (Fsp3) is 0. The number of aromatic nitrogens is 2. The van der Waals surface area contributed by atoms with Gasteiger partial charge in [-0.1, -0.05) is 6.07 Å². The summed E-state index contributed by atoms with van der Waals surface area (Å²) in [4.78, 5) is 10.0. The quantitative estimate of drug-likeness (QED) is 0.526. The Hall–Kier alpha value is -2.72. The van der Waals surface area contributed by atoms with Crippen LogP contribution in [0.3, 0.4) is 0 Å². The Balaban J connectivity index is 1.91. The lowest BCUT2D eigenvalue weighted by molar-refractivity contribution is 0.580. The average Bonchev–Trinajstić information content (AvgIpc) is 3.29. The molecule has 4 heterocycles. The van der Waals surface area contributed by atoms with Crippen molar-refractivity contribution in [3.8, 4) is 33.2 Å². The normalized spacial score (nSPS) is 10.7. The van der Waals surface area contributed by atoms with Crippen LogP contribution in [-0.2, 0) is 0 Å². The predicted molar refractivity (Wildman–Crippen MR) is 88.5 cm³/mol. The highest BCUT2D eigenvalue weighted by atomic mass is 32.1. The van der Waals surface area contributed by atoms with E-state index in [4.69, 9.17) is 9.40 Å². The van der Waals surface area contributed by atoms with Crippen LogP contribution in [0, 0.1) is 0 Å². The molecular weight excluding hydrogens is 292 g/mol. The molecule has 0 spiro atoms. The molecule has 0 aliphatic rings. The third kappa shape index (κ3) is 2.44. The summed E-state index contributed by atoms with van der Waals surface area (Å²) in [6, 6.07) is 16.1. The van der Waals surface area contributed by atoms with E-state index in [0.717, 1.165) is 28.3 Å². The maximum Gasteiger partial charge on any atom is 0.152 e. The van der Waals surface area contributed by atoms with Crippen molar-refractivity contribution >= 4 is 11.3 Å². The van der Waals surface area contributed by atoms with Crippen LogP contribution >= 0.6 is 11.3 Å². The van der Waals surface area contributed by atoms with Crippen LogP contribution in [0.1, 0.15) is 0 Å². The van der Waals surface area contributed by atoms with Crippen LogP contribution in [0.5, 0.6) is 0 Å².